The summed E-state index contributed by atoms with van der Waals surface area (Å²) >= 11 is 0. The topological polar surface area (TPSA) is 93.9 Å². The van der Waals surface area contributed by atoms with E-state index in [2.05, 4.69) is 0 Å². The molecule has 2 heterocycles. The van der Waals surface area contributed by atoms with Gasteiger partial charge in [-0.2, -0.15) is 0 Å². The molecule has 0 aliphatic heterocycles. The number of hydrogen-bond acceptors (Lipinski definition) is 4. The standard InChI is InChI=1S/C30H26N4O3/c1-21-18-28-27(30(35)33(21)20-23-10-6-3-7-11-23)19-26(24-12-14-25(15-13-24)34(36)37)29(31)32(28)17-16-22-8-4-2-5-9-22/h2-15,18-19,31H,16-17,20H2,1H3. The third-order valence-electron chi connectivity index (χ3n) is 6.67. The van der Waals surface area contributed by atoms with E-state index < -0.39 is 4.92 Å². The molecule has 5 aromatic rings. The highest BCUT2D eigenvalue weighted by Crippen LogP contribution is 2.23. The molecule has 0 saturated heterocycles. The first kappa shape index (κ1) is 23.9. The summed E-state index contributed by atoms with van der Waals surface area (Å²) in [6, 6.07) is 29.7. The normalized spacial score (nSPS) is 11.1. The fourth-order valence-corrected chi connectivity index (χ4v) is 4.67. The van der Waals surface area contributed by atoms with Crippen LogP contribution in [0.4, 0.5) is 5.69 Å². The van der Waals surface area contributed by atoms with Crippen molar-refractivity contribution in [2.75, 3.05) is 0 Å². The molecule has 0 aliphatic rings. The van der Waals surface area contributed by atoms with Crippen molar-refractivity contribution in [3.05, 3.63) is 140 Å². The molecule has 0 atom stereocenters. The molecular formula is C30H26N4O3. The molecule has 0 unspecified atom stereocenters. The highest BCUT2D eigenvalue weighted by molar-refractivity contribution is 5.84. The summed E-state index contributed by atoms with van der Waals surface area (Å²) in [5.41, 5.74) is 5.01. The first-order chi connectivity index (χ1) is 17.9. The van der Waals surface area contributed by atoms with Crippen LogP contribution < -0.4 is 11.0 Å². The van der Waals surface area contributed by atoms with Crippen LogP contribution in [0, 0.1) is 22.4 Å². The zero-order valence-electron chi connectivity index (χ0n) is 20.4. The van der Waals surface area contributed by atoms with Gasteiger partial charge in [-0.05, 0) is 54.3 Å². The number of pyridine rings is 2. The number of nitrogens with one attached hydrogen (secondary N) is 1. The quantitative estimate of drug-likeness (QED) is 0.243. The van der Waals surface area contributed by atoms with Gasteiger partial charge < -0.3 is 9.13 Å². The minimum Gasteiger partial charge on any atom is -0.325 e. The van der Waals surface area contributed by atoms with Crippen molar-refractivity contribution >= 4 is 16.6 Å². The van der Waals surface area contributed by atoms with E-state index in [1.165, 1.54) is 12.1 Å². The molecule has 0 fully saturated rings. The average molecular weight is 491 g/mol. The minimum absolute atomic E-state index is 0.0196. The molecule has 3 aromatic carbocycles. The average Bonchev–Trinajstić information content (AvgIpc) is 2.92. The third kappa shape index (κ3) is 4.84. The second kappa shape index (κ2) is 10.1. The Morgan fingerprint density at radius 2 is 1.46 bits per heavy atom. The van der Waals surface area contributed by atoms with Crippen LogP contribution in [0.5, 0.6) is 0 Å². The Hall–Kier alpha value is -4.78. The molecule has 5 rings (SSSR count). The number of benzene rings is 3. The Bertz CT molecular complexity index is 1700. The molecule has 1 N–H and O–H groups in total. The van der Waals surface area contributed by atoms with Crippen LogP contribution in [0.25, 0.3) is 22.0 Å². The molecule has 0 spiro atoms. The predicted molar refractivity (Wildman–Crippen MR) is 145 cm³/mol. The Morgan fingerprint density at radius 1 is 0.838 bits per heavy atom. The van der Waals surface area contributed by atoms with Crippen LogP contribution in [0.2, 0.25) is 0 Å². The molecule has 7 nitrogen and oxygen atoms in total. The van der Waals surface area contributed by atoms with Gasteiger partial charge in [0.1, 0.15) is 5.49 Å². The number of nitro groups is 1. The summed E-state index contributed by atoms with van der Waals surface area (Å²) in [4.78, 5) is 24.5. The van der Waals surface area contributed by atoms with Crippen molar-refractivity contribution in [2.45, 2.75) is 26.4 Å². The lowest BCUT2D eigenvalue weighted by atomic mass is 10.0. The van der Waals surface area contributed by atoms with E-state index in [4.69, 9.17) is 5.41 Å². The van der Waals surface area contributed by atoms with Crippen LogP contribution >= 0.6 is 0 Å². The second-order valence-corrected chi connectivity index (χ2v) is 9.06. The van der Waals surface area contributed by atoms with Crippen molar-refractivity contribution in [1.29, 1.82) is 5.41 Å². The highest BCUT2D eigenvalue weighted by atomic mass is 16.6. The van der Waals surface area contributed by atoms with E-state index in [0.717, 1.165) is 16.8 Å². The molecule has 37 heavy (non-hydrogen) atoms. The van der Waals surface area contributed by atoms with Gasteiger partial charge in [0.05, 0.1) is 22.4 Å². The van der Waals surface area contributed by atoms with Gasteiger partial charge in [0.15, 0.2) is 0 Å². The Kier molecular flexibility index (Phi) is 6.51. The van der Waals surface area contributed by atoms with Crippen LogP contribution in [-0.2, 0) is 19.5 Å². The summed E-state index contributed by atoms with van der Waals surface area (Å²) in [6.07, 6.45) is 0.697. The lowest BCUT2D eigenvalue weighted by molar-refractivity contribution is -0.384. The maximum atomic E-state index is 13.8. The fraction of sp³-hybridized carbons (Fsp3) is 0.133. The zero-order valence-corrected chi connectivity index (χ0v) is 20.4. The molecule has 0 amide bonds. The van der Waals surface area contributed by atoms with Gasteiger partial charge in [-0.3, -0.25) is 20.3 Å². The summed E-state index contributed by atoms with van der Waals surface area (Å²) < 4.78 is 3.63. The van der Waals surface area contributed by atoms with Crippen LogP contribution in [0.1, 0.15) is 16.8 Å². The predicted octanol–water partition coefficient (Wildman–Crippen LogP) is 5.46. The fourth-order valence-electron chi connectivity index (χ4n) is 4.67. The van der Waals surface area contributed by atoms with Crippen LogP contribution in [0.3, 0.4) is 0 Å². The number of aryl methyl sites for hydroxylation is 3. The number of fused-ring (bicyclic) bond motifs is 1. The Labute approximate surface area is 213 Å². The second-order valence-electron chi connectivity index (χ2n) is 9.06. The maximum absolute atomic E-state index is 13.8. The van der Waals surface area contributed by atoms with E-state index in [1.54, 1.807) is 22.8 Å². The van der Waals surface area contributed by atoms with Crippen molar-refractivity contribution in [1.82, 2.24) is 9.13 Å². The van der Waals surface area contributed by atoms with E-state index in [0.29, 0.717) is 41.5 Å². The largest absolute Gasteiger partial charge is 0.325 e. The van der Waals surface area contributed by atoms with Gasteiger partial charge in [-0.25, -0.2) is 0 Å². The molecule has 0 saturated carbocycles. The van der Waals surface area contributed by atoms with Gasteiger partial charge >= 0.3 is 0 Å². The van der Waals surface area contributed by atoms with Crippen molar-refractivity contribution in [3.8, 4) is 11.1 Å². The SMILES string of the molecule is Cc1cc2c(cc(-c3ccc([N+](=O)[O-])cc3)c(=N)n2CCc2ccccc2)c(=O)n1Cc1ccccc1. The molecule has 2 aromatic heterocycles. The van der Waals surface area contributed by atoms with Crippen molar-refractivity contribution in [3.63, 3.8) is 0 Å². The lowest BCUT2D eigenvalue weighted by Crippen LogP contribution is -2.29. The van der Waals surface area contributed by atoms with E-state index in [9.17, 15) is 14.9 Å². The molecule has 0 aliphatic carbocycles. The van der Waals surface area contributed by atoms with Gasteiger partial charge in [0, 0.05) is 29.9 Å². The monoisotopic (exact) mass is 490 g/mol. The summed E-state index contributed by atoms with van der Waals surface area (Å²) in [5, 5.41) is 20.7. The summed E-state index contributed by atoms with van der Waals surface area (Å²) in [5.74, 6) is 0. The van der Waals surface area contributed by atoms with E-state index >= 15 is 0 Å². The minimum atomic E-state index is -0.448. The van der Waals surface area contributed by atoms with E-state index in [-0.39, 0.29) is 16.7 Å². The van der Waals surface area contributed by atoms with Crippen LogP contribution in [0.15, 0.2) is 102 Å². The van der Waals surface area contributed by atoms with Crippen molar-refractivity contribution < 1.29 is 4.92 Å². The Balaban J connectivity index is 1.70. The number of non-ortho nitro benzene ring substituents is 1. The first-order valence-corrected chi connectivity index (χ1v) is 12.1. The summed E-state index contributed by atoms with van der Waals surface area (Å²) in [6.45, 7) is 2.88. The highest BCUT2D eigenvalue weighted by Gasteiger charge is 2.16. The lowest BCUT2D eigenvalue weighted by Gasteiger charge is -2.18. The Morgan fingerprint density at radius 3 is 2.08 bits per heavy atom. The van der Waals surface area contributed by atoms with Gasteiger partial charge in [0.2, 0.25) is 0 Å². The van der Waals surface area contributed by atoms with Gasteiger partial charge in [0.25, 0.3) is 11.2 Å². The number of aromatic nitrogens is 2. The molecule has 0 radical (unpaired) electrons. The number of nitro benzene ring substituents is 1. The van der Waals surface area contributed by atoms with Crippen molar-refractivity contribution in [2.24, 2.45) is 0 Å². The molecule has 184 valence electrons. The number of nitrogens with zero attached hydrogens (tertiary/aromatic N) is 3. The number of rotatable bonds is 7. The van der Waals surface area contributed by atoms with E-state index in [1.807, 2.05) is 78.2 Å². The molecule has 7 heteroatoms. The molecular weight excluding hydrogens is 464 g/mol. The van der Waals surface area contributed by atoms with Crippen LogP contribution in [-0.4, -0.2) is 14.1 Å². The van der Waals surface area contributed by atoms with Gasteiger partial charge in [-0.15, -0.1) is 0 Å². The maximum Gasteiger partial charge on any atom is 0.269 e. The number of hydrogen-bond donors (Lipinski definition) is 1. The summed E-state index contributed by atoms with van der Waals surface area (Å²) in [7, 11) is 0. The third-order valence-corrected chi connectivity index (χ3v) is 6.67. The van der Waals surface area contributed by atoms with Gasteiger partial charge in [-0.1, -0.05) is 60.7 Å². The first-order valence-electron chi connectivity index (χ1n) is 12.1. The smallest absolute Gasteiger partial charge is 0.269 e. The molecule has 0 bridgehead atoms. The zero-order chi connectivity index (χ0) is 25.9.